The van der Waals surface area contributed by atoms with E-state index in [0.29, 0.717) is 17.7 Å². The van der Waals surface area contributed by atoms with Crippen LogP contribution in [-0.2, 0) is 13.2 Å². The maximum Gasteiger partial charge on any atom is 0.193 e. The number of ether oxygens (including phenoxy) is 1. The van der Waals surface area contributed by atoms with Gasteiger partial charge in [-0.05, 0) is 56.1 Å². The molecule has 5 heteroatoms. The number of phenols is 1. The Morgan fingerprint density at radius 1 is 1.17 bits per heavy atom. The number of aryl methyl sites for hydroxylation is 1. The molecular formula is C24H29NO4. The number of phenolic OH excluding ortho intramolecular Hbond substituents is 1. The molecule has 0 saturated carbocycles. The van der Waals surface area contributed by atoms with Crippen molar-refractivity contribution in [3.8, 4) is 11.5 Å². The standard InChI is InChI=1S/C24H29NO4/c1-17-6-8-18(9-7-17)10-11-21(27)23-22(29-2)14-19(16-26)20(24(23)28)15-25-12-4-3-5-13-25/h6-11,14,26,28H,3-5,12-13,15-16H2,1-2H3. The van der Waals surface area contributed by atoms with Gasteiger partial charge in [0.1, 0.15) is 17.1 Å². The van der Waals surface area contributed by atoms with Gasteiger partial charge in [0.15, 0.2) is 5.78 Å². The Kier molecular flexibility index (Phi) is 7.07. The molecule has 0 unspecified atom stereocenters. The summed E-state index contributed by atoms with van der Waals surface area (Å²) in [6.07, 6.45) is 6.63. The van der Waals surface area contributed by atoms with Crippen molar-refractivity contribution in [3.05, 3.63) is 64.2 Å². The molecule has 0 spiro atoms. The van der Waals surface area contributed by atoms with Crippen LogP contribution in [0.25, 0.3) is 6.08 Å². The van der Waals surface area contributed by atoms with E-state index in [4.69, 9.17) is 4.74 Å². The summed E-state index contributed by atoms with van der Waals surface area (Å²) in [6.45, 7) is 4.20. The van der Waals surface area contributed by atoms with Gasteiger partial charge in [0.2, 0.25) is 0 Å². The second-order valence-electron chi connectivity index (χ2n) is 7.54. The van der Waals surface area contributed by atoms with Crippen LogP contribution in [0.15, 0.2) is 36.4 Å². The molecule has 1 saturated heterocycles. The SMILES string of the molecule is COc1cc(CO)c(CN2CCCCC2)c(O)c1C(=O)C=Cc1ccc(C)cc1. The number of allylic oxidation sites excluding steroid dienone is 1. The first kappa shape index (κ1) is 21.1. The normalized spacial score (nSPS) is 15.0. The summed E-state index contributed by atoms with van der Waals surface area (Å²) in [6, 6.07) is 9.50. The van der Waals surface area contributed by atoms with Crippen molar-refractivity contribution in [2.75, 3.05) is 20.2 Å². The van der Waals surface area contributed by atoms with Gasteiger partial charge in [-0.3, -0.25) is 9.69 Å². The maximum absolute atomic E-state index is 12.9. The number of hydrogen-bond donors (Lipinski definition) is 2. The fourth-order valence-corrected chi connectivity index (χ4v) is 3.73. The number of piperidine rings is 1. The summed E-state index contributed by atoms with van der Waals surface area (Å²) in [5.74, 6) is -0.158. The predicted octanol–water partition coefficient (Wildman–Crippen LogP) is 4.08. The molecule has 0 atom stereocenters. The first-order chi connectivity index (χ1) is 14.0. The Hall–Kier alpha value is -2.63. The maximum atomic E-state index is 12.9. The molecule has 154 valence electrons. The average Bonchev–Trinajstić information content (AvgIpc) is 2.75. The minimum Gasteiger partial charge on any atom is -0.507 e. The lowest BCUT2D eigenvalue weighted by Crippen LogP contribution is -2.29. The van der Waals surface area contributed by atoms with Crippen LogP contribution in [0.2, 0.25) is 0 Å². The van der Waals surface area contributed by atoms with Crippen molar-refractivity contribution >= 4 is 11.9 Å². The molecule has 5 nitrogen and oxygen atoms in total. The smallest absolute Gasteiger partial charge is 0.193 e. The third-order valence-corrected chi connectivity index (χ3v) is 5.43. The third kappa shape index (κ3) is 5.05. The Balaban J connectivity index is 1.94. The number of methoxy groups -OCH3 is 1. The van der Waals surface area contributed by atoms with Crippen LogP contribution in [-0.4, -0.2) is 41.1 Å². The van der Waals surface area contributed by atoms with Crippen molar-refractivity contribution in [2.24, 2.45) is 0 Å². The highest BCUT2D eigenvalue weighted by molar-refractivity contribution is 6.10. The number of aromatic hydroxyl groups is 1. The Morgan fingerprint density at radius 3 is 2.48 bits per heavy atom. The lowest BCUT2D eigenvalue weighted by Gasteiger charge is -2.28. The summed E-state index contributed by atoms with van der Waals surface area (Å²) >= 11 is 0. The second kappa shape index (κ2) is 9.72. The largest absolute Gasteiger partial charge is 0.507 e. The van der Waals surface area contributed by atoms with E-state index in [2.05, 4.69) is 4.90 Å². The van der Waals surface area contributed by atoms with Gasteiger partial charge in [0, 0.05) is 12.1 Å². The van der Waals surface area contributed by atoms with Crippen LogP contribution in [0.1, 0.15) is 51.9 Å². The average molecular weight is 395 g/mol. The van der Waals surface area contributed by atoms with Gasteiger partial charge in [0.05, 0.1) is 13.7 Å². The van der Waals surface area contributed by atoms with Gasteiger partial charge in [-0.15, -0.1) is 0 Å². The Bertz CT molecular complexity index is 881. The van der Waals surface area contributed by atoms with E-state index >= 15 is 0 Å². The minimum absolute atomic E-state index is 0.0995. The lowest BCUT2D eigenvalue weighted by molar-refractivity contribution is 0.104. The van der Waals surface area contributed by atoms with Crippen molar-refractivity contribution in [2.45, 2.75) is 39.3 Å². The summed E-state index contributed by atoms with van der Waals surface area (Å²) in [5.41, 5.74) is 3.38. The number of rotatable bonds is 7. The highest BCUT2D eigenvalue weighted by atomic mass is 16.5. The molecule has 0 amide bonds. The third-order valence-electron chi connectivity index (χ3n) is 5.43. The molecule has 1 fully saturated rings. The number of aliphatic hydroxyl groups excluding tert-OH is 1. The van der Waals surface area contributed by atoms with Gasteiger partial charge in [0.25, 0.3) is 0 Å². The molecule has 2 aromatic rings. The van der Waals surface area contributed by atoms with Crippen LogP contribution in [0.5, 0.6) is 11.5 Å². The van der Waals surface area contributed by atoms with E-state index in [1.165, 1.54) is 19.6 Å². The molecule has 0 bridgehead atoms. The quantitative estimate of drug-likeness (QED) is 0.546. The zero-order valence-electron chi connectivity index (χ0n) is 17.1. The van der Waals surface area contributed by atoms with E-state index in [-0.39, 0.29) is 29.5 Å². The molecule has 2 aromatic carbocycles. The van der Waals surface area contributed by atoms with Gasteiger partial charge >= 0.3 is 0 Å². The monoisotopic (exact) mass is 395 g/mol. The molecule has 0 aromatic heterocycles. The first-order valence-electron chi connectivity index (χ1n) is 10.1. The number of aliphatic hydroxyl groups is 1. The van der Waals surface area contributed by atoms with Gasteiger partial charge < -0.3 is 14.9 Å². The van der Waals surface area contributed by atoms with Crippen molar-refractivity contribution < 1.29 is 19.7 Å². The highest BCUT2D eigenvalue weighted by Crippen LogP contribution is 2.36. The van der Waals surface area contributed by atoms with Crippen molar-refractivity contribution in [1.82, 2.24) is 4.90 Å². The molecule has 1 aliphatic heterocycles. The second-order valence-corrected chi connectivity index (χ2v) is 7.54. The summed E-state index contributed by atoms with van der Waals surface area (Å²) < 4.78 is 5.36. The molecule has 3 rings (SSSR count). The van der Waals surface area contributed by atoms with E-state index in [1.807, 2.05) is 31.2 Å². The predicted molar refractivity (Wildman–Crippen MR) is 114 cm³/mol. The number of ketones is 1. The molecule has 1 heterocycles. The molecule has 1 aliphatic rings. The Morgan fingerprint density at radius 2 is 1.86 bits per heavy atom. The number of likely N-dealkylation sites (tertiary alicyclic amines) is 1. The van der Waals surface area contributed by atoms with Crippen LogP contribution >= 0.6 is 0 Å². The fraction of sp³-hybridized carbons (Fsp3) is 0.375. The lowest BCUT2D eigenvalue weighted by atomic mass is 9.97. The number of carbonyl (C=O) groups excluding carboxylic acids is 1. The van der Waals surface area contributed by atoms with E-state index in [9.17, 15) is 15.0 Å². The van der Waals surface area contributed by atoms with Crippen molar-refractivity contribution in [3.63, 3.8) is 0 Å². The van der Waals surface area contributed by atoms with Crippen LogP contribution in [0.4, 0.5) is 0 Å². The number of nitrogens with zero attached hydrogens (tertiary/aromatic N) is 1. The van der Waals surface area contributed by atoms with E-state index in [0.717, 1.165) is 37.1 Å². The molecule has 0 radical (unpaired) electrons. The minimum atomic E-state index is -0.329. The zero-order valence-corrected chi connectivity index (χ0v) is 17.1. The number of hydrogen-bond acceptors (Lipinski definition) is 5. The van der Waals surface area contributed by atoms with Crippen LogP contribution in [0.3, 0.4) is 0 Å². The zero-order chi connectivity index (χ0) is 20.8. The van der Waals surface area contributed by atoms with Gasteiger partial charge in [-0.1, -0.05) is 42.3 Å². The molecular weight excluding hydrogens is 366 g/mol. The van der Waals surface area contributed by atoms with E-state index in [1.54, 1.807) is 12.1 Å². The molecule has 0 aliphatic carbocycles. The molecule has 29 heavy (non-hydrogen) atoms. The summed E-state index contributed by atoms with van der Waals surface area (Å²) in [7, 11) is 1.46. The van der Waals surface area contributed by atoms with Crippen molar-refractivity contribution in [1.29, 1.82) is 0 Å². The topological polar surface area (TPSA) is 70.0 Å². The number of benzene rings is 2. The Labute approximate surface area is 172 Å². The van der Waals surface area contributed by atoms with Gasteiger partial charge in [-0.2, -0.15) is 0 Å². The highest BCUT2D eigenvalue weighted by Gasteiger charge is 2.24. The first-order valence-corrected chi connectivity index (χ1v) is 10.1. The van der Waals surface area contributed by atoms with E-state index < -0.39 is 0 Å². The number of carbonyl (C=O) groups is 1. The summed E-state index contributed by atoms with van der Waals surface area (Å²) in [5, 5.41) is 20.8. The van der Waals surface area contributed by atoms with Gasteiger partial charge in [-0.25, -0.2) is 0 Å². The van der Waals surface area contributed by atoms with Crippen LogP contribution < -0.4 is 4.74 Å². The fourth-order valence-electron chi connectivity index (χ4n) is 3.73. The molecule has 2 N–H and O–H groups in total. The summed E-state index contributed by atoms with van der Waals surface area (Å²) in [4.78, 5) is 15.2. The van der Waals surface area contributed by atoms with Crippen LogP contribution in [0, 0.1) is 6.92 Å².